The van der Waals surface area contributed by atoms with E-state index >= 15 is 0 Å². The minimum absolute atomic E-state index is 0.367. The molecule has 2 heterocycles. The van der Waals surface area contributed by atoms with Gasteiger partial charge in [0.05, 0.1) is 22.7 Å². The van der Waals surface area contributed by atoms with Crippen molar-refractivity contribution < 1.29 is 9.47 Å². The van der Waals surface area contributed by atoms with Crippen LogP contribution in [-0.2, 0) is 0 Å². The van der Waals surface area contributed by atoms with Gasteiger partial charge in [0, 0.05) is 29.4 Å². The molecule has 23 heavy (non-hydrogen) atoms. The Morgan fingerprint density at radius 3 is 2.52 bits per heavy atom. The molecule has 0 fully saturated rings. The highest BCUT2D eigenvalue weighted by Gasteiger charge is 2.19. The van der Waals surface area contributed by atoms with Crippen molar-refractivity contribution in [3.05, 3.63) is 43.8 Å². The zero-order chi connectivity index (χ0) is 16.6. The van der Waals surface area contributed by atoms with Gasteiger partial charge in [-0.05, 0) is 35.6 Å². The largest absolute Gasteiger partial charge is 0.493 e. The Balaban J connectivity index is 2.01. The van der Waals surface area contributed by atoms with Crippen molar-refractivity contribution in [2.24, 2.45) is 0 Å². The monoisotopic (exact) mass is 463 g/mol. The van der Waals surface area contributed by atoms with Crippen LogP contribution in [-0.4, -0.2) is 22.3 Å². The number of hydrogen-bond acceptors (Lipinski definition) is 4. The summed E-state index contributed by atoms with van der Waals surface area (Å²) in [7, 11) is 1.59. The minimum Gasteiger partial charge on any atom is -0.493 e. The lowest BCUT2D eigenvalue weighted by Crippen LogP contribution is -2.06. The van der Waals surface area contributed by atoms with Crippen LogP contribution in [0.15, 0.2) is 24.5 Å². The third kappa shape index (κ3) is 3.20. The third-order valence-corrected chi connectivity index (χ3v) is 4.82. The molecule has 0 bridgehead atoms. The number of ether oxygens (including phenoxy) is 2. The normalized spacial score (nSPS) is 12.4. The summed E-state index contributed by atoms with van der Waals surface area (Å²) in [5, 5.41) is 9.03. The molecule has 0 saturated heterocycles. The lowest BCUT2D eigenvalue weighted by molar-refractivity contribution is 0.216. The van der Waals surface area contributed by atoms with Crippen LogP contribution in [0.3, 0.4) is 0 Å². The van der Waals surface area contributed by atoms with E-state index in [1.54, 1.807) is 19.5 Å². The van der Waals surface area contributed by atoms with Gasteiger partial charge in [-0.2, -0.15) is 5.10 Å². The highest BCUT2D eigenvalue weighted by Crippen LogP contribution is 2.38. The Morgan fingerprint density at radius 2 is 1.87 bits per heavy atom. The van der Waals surface area contributed by atoms with Gasteiger partial charge >= 0.3 is 0 Å². The molecule has 0 unspecified atom stereocenters. The Kier molecular flexibility index (Phi) is 4.84. The zero-order valence-electron chi connectivity index (χ0n) is 12.2. The number of hydrogen-bond donors (Lipinski definition) is 1. The van der Waals surface area contributed by atoms with Gasteiger partial charge in [-0.3, -0.25) is 10.1 Å². The van der Waals surface area contributed by atoms with E-state index in [4.69, 9.17) is 32.7 Å². The van der Waals surface area contributed by atoms with Gasteiger partial charge in [-0.15, -0.1) is 0 Å². The molecule has 1 aromatic carbocycles. The second kappa shape index (κ2) is 6.70. The predicted molar refractivity (Wildman–Crippen MR) is 98.7 cm³/mol. The van der Waals surface area contributed by atoms with E-state index in [-0.39, 0.29) is 6.10 Å². The van der Waals surface area contributed by atoms with Crippen molar-refractivity contribution in [1.29, 1.82) is 0 Å². The molecule has 0 radical (unpaired) electrons. The van der Waals surface area contributed by atoms with Crippen molar-refractivity contribution in [3.8, 4) is 11.5 Å². The summed E-state index contributed by atoms with van der Waals surface area (Å²) in [6.07, 6.45) is 2.72. The molecular formula is C15H12Cl2IN3O2. The molecule has 1 atom stereocenters. The second-order valence-corrected chi connectivity index (χ2v) is 6.73. The summed E-state index contributed by atoms with van der Waals surface area (Å²) in [5.41, 5.74) is 1.50. The van der Waals surface area contributed by atoms with E-state index in [1.807, 2.05) is 19.1 Å². The number of methoxy groups -OCH3 is 1. The van der Waals surface area contributed by atoms with Crippen molar-refractivity contribution in [1.82, 2.24) is 15.2 Å². The van der Waals surface area contributed by atoms with Gasteiger partial charge in [0.25, 0.3) is 0 Å². The first-order chi connectivity index (χ1) is 11.0. The lowest BCUT2D eigenvalue weighted by Gasteiger charge is -2.19. The Labute approximate surface area is 156 Å². The number of aromatic amines is 1. The summed E-state index contributed by atoms with van der Waals surface area (Å²) in [5.74, 6) is 1.18. The average molecular weight is 464 g/mol. The van der Waals surface area contributed by atoms with Crippen molar-refractivity contribution >= 4 is 56.7 Å². The van der Waals surface area contributed by atoms with Crippen LogP contribution in [0.2, 0.25) is 10.0 Å². The van der Waals surface area contributed by atoms with E-state index < -0.39 is 0 Å². The molecule has 0 aliphatic carbocycles. The summed E-state index contributed by atoms with van der Waals surface area (Å²) < 4.78 is 12.4. The van der Waals surface area contributed by atoms with Crippen LogP contribution in [0, 0.1) is 3.70 Å². The number of pyridine rings is 1. The smallest absolute Gasteiger partial charge is 0.163 e. The Bertz CT molecular complexity index is 849. The van der Waals surface area contributed by atoms with Gasteiger partial charge in [-0.25, -0.2) is 0 Å². The first kappa shape index (κ1) is 16.6. The predicted octanol–water partition coefficient (Wildman–Crippen LogP) is 5.02. The zero-order valence-corrected chi connectivity index (χ0v) is 15.9. The average Bonchev–Trinajstić information content (AvgIpc) is 2.87. The molecule has 0 saturated carbocycles. The third-order valence-electron chi connectivity index (χ3n) is 3.39. The van der Waals surface area contributed by atoms with Gasteiger partial charge < -0.3 is 9.47 Å². The van der Waals surface area contributed by atoms with E-state index in [0.717, 1.165) is 14.6 Å². The quantitative estimate of drug-likeness (QED) is 0.552. The molecule has 8 heteroatoms. The molecule has 120 valence electrons. The SMILES string of the molecule is COc1cc2n[nH]c(I)c2cc1O[C@H](C)c1c(Cl)cncc1Cl. The standard InChI is InChI=1S/C15H12Cl2IN3O2/c1-7(14-9(16)5-19-6-10(14)17)23-13-3-8-11(4-12(13)22-2)20-21-15(8)18/h3-7H,1-2H3,(H,20,21)/t7-/m1/s1. The molecule has 5 nitrogen and oxygen atoms in total. The fourth-order valence-corrected chi connectivity index (χ4v) is 3.52. The number of H-pyrrole nitrogens is 1. The molecule has 0 amide bonds. The molecule has 0 spiro atoms. The second-order valence-electron chi connectivity index (χ2n) is 4.83. The lowest BCUT2D eigenvalue weighted by atomic mass is 10.1. The summed E-state index contributed by atoms with van der Waals surface area (Å²) in [4.78, 5) is 3.96. The summed E-state index contributed by atoms with van der Waals surface area (Å²) >= 11 is 14.6. The highest BCUT2D eigenvalue weighted by atomic mass is 127. The number of rotatable bonds is 4. The molecule has 3 aromatic rings. The van der Waals surface area contributed by atoms with Crippen LogP contribution in [0.4, 0.5) is 0 Å². The number of halogens is 3. The van der Waals surface area contributed by atoms with E-state index in [0.29, 0.717) is 27.1 Å². The number of nitrogens with one attached hydrogen (secondary N) is 1. The topological polar surface area (TPSA) is 60.0 Å². The van der Waals surface area contributed by atoms with Crippen molar-refractivity contribution in [2.45, 2.75) is 13.0 Å². The van der Waals surface area contributed by atoms with Crippen LogP contribution in [0.5, 0.6) is 11.5 Å². The van der Waals surface area contributed by atoms with Crippen molar-refractivity contribution in [2.75, 3.05) is 7.11 Å². The number of fused-ring (bicyclic) bond motifs is 1. The number of benzene rings is 1. The molecule has 1 N–H and O–H groups in total. The maximum atomic E-state index is 6.19. The first-order valence-electron chi connectivity index (χ1n) is 6.68. The maximum absolute atomic E-state index is 6.19. The van der Waals surface area contributed by atoms with Crippen LogP contribution in [0.25, 0.3) is 10.9 Å². The van der Waals surface area contributed by atoms with Gasteiger partial charge in [0.2, 0.25) is 0 Å². The fraction of sp³-hybridized carbons (Fsp3) is 0.200. The molecule has 0 aliphatic heterocycles. The fourth-order valence-electron chi connectivity index (χ4n) is 2.30. The summed E-state index contributed by atoms with van der Waals surface area (Å²) in [6, 6.07) is 3.71. The van der Waals surface area contributed by atoms with Gasteiger partial charge in [0.15, 0.2) is 11.5 Å². The van der Waals surface area contributed by atoms with Gasteiger partial charge in [-0.1, -0.05) is 23.2 Å². The Morgan fingerprint density at radius 1 is 1.17 bits per heavy atom. The molecular weight excluding hydrogens is 452 g/mol. The van der Waals surface area contributed by atoms with Gasteiger partial charge in [0.1, 0.15) is 9.80 Å². The van der Waals surface area contributed by atoms with Crippen molar-refractivity contribution in [3.63, 3.8) is 0 Å². The van der Waals surface area contributed by atoms with E-state index in [1.165, 1.54) is 0 Å². The number of nitrogens with zero attached hydrogens (tertiary/aromatic N) is 2. The minimum atomic E-state index is -0.367. The molecule has 0 aliphatic rings. The Hall–Kier alpha value is -1.25. The van der Waals surface area contributed by atoms with Crippen LogP contribution in [0.1, 0.15) is 18.6 Å². The van der Waals surface area contributed by atoms with E-state index in [9.17, 15) is 0 Å². The summed E-state index contributed by atoms with van der Waals surface area (Å²) in [6.45, 7) is 1.87. The van der Waals surface area contributed by atoms with E-state index in [2.05, 4.69) is 37.8 Å². The maximum Gasteiger partial charge on any atom is 0.163 e. The first-order valence-corrected chi connectivity index (χ1v) is 8.52. The van der Waals surface area contributed by atoms with Crippen LogP contribution < -0.4 is 9.47 Å². The number of aromatic nitrogens is 3. The molecule has 2 aromatic heterocycles. The molecule has 3 rings (SSSR count). The highest BCUT2D eigenvalue weighted by molar-refractivity contribution is 14.1. The van der Waals surface area contributed by atoms with Crippen LogP contribution >= 0.6 is 45.8 Å².